The van der Waals surface area contributed by atoms with Gasteiger partial charge in [0.25, 0.3) is 0 Å². The van der Waals surface area contributed by atoms with Crippen molar-refractivity contribution in [1.29, 1.82) is 0 Å². The number of ketones is 1. The first-order valence-corrected chi connectivity index (χ1v) is 8.41. The number of pyridine rings is 1. The van der Waals surface area contributed by atoms with E-state index in [1.54, 1.807) is 18.3 Å². The van der Waals surface area contributed by atoms with E-state index >= 15 is 0 Å². The van der Waals surface area contributed by atoms with Gasteiger partial charge in [-0.1, -0.05) is 12.1 Å². The molecular formula is C19H21N3O3. The Labute approximate surface area is 146 Å². The van der Waals surface area contributed by atoms with Crippen molar-refractivity contribution in [2.24, 2.45) is 0 Å². The number of hydrogen-bond donors (Lipinski definition) is 2. The van der Waals surface area contributed by atoms with Gasteiger partial charge in [0.1, 0.15) is 0 Å². The van der Waals surface area contributed by atoms with Crippen LogP contribution in [0.1, 0.15) is 39.3 Å². The first-order valence-electron chi connectivity index (χ1n) is 8.41. The number of carboxylic acids is 1. The maximum Gasteiger partial charge on any atom is 0.337 e. The van der Waals surface area contributed by atoms with Gasteiger partial charge in [-0.15, -0.1) is 0 Å². The molecule has 0 amide bonds. The van der Waals surface area contributed by atoms with Crippen molar-refractivity contribution in [3.05, 3.63) is 59.4 Å². The Morgan fingerprint density at radius 1 is 1.08 bits per heavy atom. The molecule has 25 heavy (non-hydrogen) atoms. The van der Waals surface area contributed by atoms with E-state index in [2.05, 4.69) is 15.2 Å². The van der Waals surface area contributed by atoms with Gasteiger partial charge in [0.15, 0.2) is 5.78 Å². The van der Waals surface area contributed by atoms with E-state index in [0.29, 0.717) is 23.5 Å². The van der Waals surface area contributed by atoms with E-state index in [-0.39, 0.29) is 17.9 Å². The number of anilines is 1. The lowest BCUT2D eigenvalue weighted by molar-refractivity contribution is 0.0695. The Kier molecular flexibility index (Phi) is 5.40. The van der Waals surface area contributed by atoms with E-state index in [4.69, 9.17) is 0 Å². The smallest absolute Gasteiger partial charge is 0.337 e. The molecule has 2 aromatic rings. The molecule has 1 aromatic carbocycles. The summed E-state index contributed by atoms with van der Waals surface area (Å²) >= 11 is 0. The quantitative estimate of drug-likeness (QED) is 0.755. The van der Waals surface area contributed by atoms with Crippen LogP contribution in [0.3, 0.4) is 0 Å². The fourth-order valence-corrected chi connectivity index (χ4v) is 3.06. The monoisotopic (exact) mass is 339 g/mol. The van der Waals surface area contributed by atoms with Crippen LogP contribution in [0.15, 0.2) is 42.6 Å². The molecule has 1 aliphatic heterocycles. The molecule has 1 aliphatic rings. The number of hydrogen-bond acceptors (Lipinski definition) is 5. The van der Waals surface area contributed by atoms with E-state index < -0.39 is 5.97 Å². The van der Waals surface area contributed by atoms with Gasteiger partial charge in [-0.2, -0.15) is 0 Å². The van der Waals surface area contributed by atoms with Crippen LogP contribution in [-0.4, -0.2) is 46.4 Å². The molecule has 1 aromatic heterocycles. The van der Waals surface area contributed by atoms with Crippen molar-refractivity contribution in [3.8, 4) is 0 Å². The molecule has 1 saturated heterocycles. The van der Waals surface area contributed by atoms with Crippen molar-refractivity contribution in [2.75, 3.05) is 25.0 Å². The zero-order chi connectivity index (χ0) is 17.6. The number of carbonyl (C=O) groups excluding carboxylic acids is 1. The summed E-state index contributed by atoms with van der Waals surface area (Å²) in [7, 11) is 0. The number of benzene rings is 1. The summed E-state index contributed by atoms with van der Waals surface area (Å²) in [6.07, 6.45) is 3.85. The van der Waals surface area contributed by atoms with Gasteiger partial charge in [0.05, 0.1) is 24.3 Å². The number of likely N-dealkylation sites (tertiary alicyclic amines) is 1. The van der Waals surface area contributed by atoms with Crippen molar-refractivity contribution in [3.63, 3.8) is 0 Å². The van der Waals surface area contributed by atoms with Crippen molar-refractivity contribution in [1.82, 2.24) is 9.88 Å². The second-order valence-corrected chi connectivity index (χ2v) is 6.11. The minimum Gasteiger partial charge on any atom is -0.478 e. The first-order chi connectivity index (χ1) is 12.1. The lowest BCUT2D eigenvalue weighted by atomic mass is 10.1. The van der Waals surface area contributed by atoms with Gasteiger partial charge in [-0.3, -0.25) is 14.7 Å². The normalized spacial score (nSPS) is 14.4. The van der Waals surface area contributed by atoms with Gasteiger partial charge in [-0.05, 0) is 50.2 Å². The molecule has 1 fully saturated rings. The third-order valence-electron chi connectivity index (χ3n) is 4.36. The van der Waals surface area contributed by atoms with Gasteiger partial charge >= 0.3 is 5.97 Å². The number of para-hydroxylation sites is 1. The zero-order valence-electron chi connectivity index (χ0n) is 13.9. The van der Waals surface area contributed by atoms with E-state index in [1.165, 1.54) is 6.07 Å². The topological polar surface area (TPSA) is 82.5 Å². The Bertz CT molecular complexity index is 770. The predicted molar refractivity (Wildman–Crippen MR) is 95.0 cm³/mol. The molecule has 0 spiro atoms. The number of rotatable bonds is 7. The molecule has 2 heterocycles. The number of aromatic carboxylic acids is 1. The Morgan fingerprint density at radius 3 is 2.56 bits per heavy atom. The van der Waals surface area contributed by atoms with E-state index in [0.717, 1.165) is 25.9 Å². The molecule has 0 bridgehead atoms. The van der Waals surface area contributed by atoms with Crippen LogP contribution in [0, 0.1) is 0 Å². The average Bonchev–Trinajstić information content (AvgIpc) is 3.13. The standard InChI is InChI=1S/C19H21N3O3/c23-18(13-22-10-3-4-11-22)14-6-1-2-8-16(14)21-12-17-15(19(24)25)7-5-9-20-17/h1-2,5-9,21H,3-4,10-13H2,(H,24,25). The number of carboxylic acid groups (broad SMARTS) is 1. The third-order valence-corrected chi connectivity index (χ3v) is 4.36. The zero-order valence-corrected chi connectivity index (χ0v) is 13.9. The summed E-state index contributed by atoms with van der Waals surface area (Å²) in [5, 5.41) is 12.4. The van der Waals surface area contributed by atoms with Crippen LogP contribution in [0.5, 0.6) is 0 Å². The van der Waals surface area contributed by atoms with Gasteiger partial charge < -0.3 is 10.4 Å². The molecule has 0 atom stereocenters. The molecule has 130 valence electrons. The maximum absolute atomic E-state index is 12.6. The van der Waals surface area contributed by atoms with Crippen molar-refractivity contribution >= 4 is 17.4 Å². The summed E-state index contributed by atoms with van der Waals surface area (Å²) in [4.78, 5) is 30.2. The molecule has 6 nitrogen and oxygen atoms in total. The largest absolute Gasteiger partial charge is 0.478 e. The molecule has 0 saturated carbocycles. The molecule has 0 unspecified atom stereocenters. The first kappa shape index (κ1) is 17.1. The highest BCUT2D eigenvalue weighted by Gasteiger charge is 2.18. The van der Waals surface area contributed by atoms with Crippen molar-refractivity contribution in [2.45, 2.75) is 19.4 Å². The van der Waals surface area contributed by atoms with Gasteiger partial charge in [-0.25, -0.2) is 4.79 Å². The van der Waals surface area contributed by atoms with E-state index in [1.807, 2.05) is 18.2 Å². The fraction of sp³-hybridized carbons (Fsp3) is 0.316. The summed E-state index contributed by atoms with van der Waals surface area (Å²) in [5.41, 5.74) is 1.93. The molecular weight excluding hydrogens is 318 g/mol. The highest BCUT2D eigenvalue weighted by molar-refractivity contribution is 6.02. The minimum absolute atomic E-state index is 0.0736. The molecule has 0 aliphatic carbocycles. The summed E-state index contributed by atoms with van der Waals surface area (Å²) in [6.45, 7) is 2.60. The van der Waals surface area contributed by atoms with Gasteiger partial charge in [0.2, 0.25) is 0 Å². The van der Waals surface area contributed by atoms with Crippen LogP contribution in [0.4, 0.5) is 5.69 Å². The van der Waals surface area contributed by atoms with Crippen LogP contribution < -0.4 is 5.32 Å². The average molecular weight is 339 g/mol. The second-order valence-electron chi connectivity index (χ2n) is 6.11. The SMILES string of the molecule is O=C(CN1CCCC1)c1ccccc1NCc1ncccc1C(=O)O. The molecule has 3 rings (SSSR count). The lowest BCUT2D eigenvalue weighted by Gasteiger charge is -2.16. The Morgan fingerprint density at radius 2 is 1.80 bits per heavy atom. The summed E-state index contributed by atoms with van der Waals surface area (Å²) in [6, 6.07) is 10.5. The Balaban J connectivity index is 1.73. The summed E-state index contributed by atoms with van der Waals surface area (Å²) < 4.78 is 0. The number of aromatic nitrogens is 1. The fourth-order valence-electron chi connectivity index (χ4n) is 3.06. The number of nitrogens with one attached hydrogen (secondary N) is 1. The minimum atomic E-state index is -1.01. The van der Waals surface area contributed by atoms with Gasteiger partial charge in [0, 0.05) is 17.4 Å². The van der Waals surface area contributed by atoms with Crippen LogP contribution in [0.2, 0.25) is 0 Å². The highest BCUT2D eigenvalue weighted by atomic mass is 16.4. The number of carbonyl (C=O) groups is 2. The maximum atomic E-state index is 12.6. The van der Waals surface area contributed by atoms with Crippen molar-refractivity contribution < 1.29 is 14.7 Å². The number of nitrogens with zero attached hydrogens (tertiary/aromatic N) is 2. The number of Topliss-reactive ketones (excluding diaryl/α,β-unsaturated/α-hetero) is 1. The third kappa shape index (κ3) is 4.22. The van der Waals surface area contributed by atoms with E-state index in [9.17, 15) is 14.7 Å². The molecule has 2 N–H and O–H groups in total. The predicted octanol–water partition coefficient (Wildman–Crippen LogP) is 2.67. The molecule has 6 heteroatoms. The molecule has 0 radical (unpaired) electrons. The van der Waals surface area contributed by atoms with Crippen LogP contribution in [-0.2, 0) is 6.54 Å². The van der Waals surface area contributed by atoms with Crippen LogP contribution >= 0.6 is 0 Å². The summed E-state index contributed by atoms with van der Waals surface area (Å²) in [5.74, 6) is -0.937. The van der Waals surface area contributed by atoms with Crippen LogP contribution in [0.25, 0.3) is 0 Å². The lowest BCUT2D eigenvalue weighted by Crippen LogP contribution is -2.27. The Hall–Kier alpha value is -2.73. The second kappa shape index (κ2) is 7.90. The highest BCUT2D eigenvalue weighted by Crippen LogP contribution is 2.19.